The summed E-state index contributed by atoms with van der Waals surface area (Å²) in [6.07, 6.45) is 3.27. The molecule has 2 aromatic carbocycles. The van der Waals surface area contributed by atoms with E-state index in [4.69, 9.17) is 16.3 Å². The van der Waals surface area contributed by atoms with Crippen LogP contribution in [0.25, 0.3) is 0 Å². The van der Waals surface area contributed by atoms with Crippen LogP contribution in [0.1, 0.15) is 55.5 Å². The Morgan fingerprint density at radius 1 is 1.06 bits per heavy atom. The van der Waals surface area contributed by atoms with Crippen molar-refractivity contribution in [2.24, 2.45) is 5.92 Å². The number of hydrogen-bond acceptors (Lipinski definition) is 3. The lowest BCUT2D eigenvalue weighted by Gasteiger charge is -2.34. The first-order chi connectivity index (χ1) is 15.0. The molecule has 0 radical (unpaired) electrons. The fourth-order valence-electron chi connectivity index (χ4n) is 3.95. The van der Waals surface area contributed by atoms with E-state index >= 15 is 0 Å². The molecular weight excluding hydrogens is 412 g/mol. The minimum atomic E-state index is -0.153. The van der Waals surface area contributed by atoms with Gasteiger partial charge >= 0.3 is 0 Å². The predicted molar refractivity (Wildman–Crippen MR) is 123 cm³/mol. The molecule has 3 rings (SSSR count). The van der Waals surface area contributed by atoms with Crippen LogP contribution in [-0.2, 0) is 11.4 Å². The van der Waals surface area contributed by atoms with Crippen molar-refractivity contribution in [3.63, 3.8) is 0 Å². The molecule has 0 bridgehead atoms. The van der Waals surface area contributed by atoms with Gasteiger partial charge in [-0.05, 0) is 43.9 Å². The second-order valence-electron chi connectivity index (χ2n) is 7.96. The number of carbonyl (C=O) groups excluding carboxylic acids is 2. The van der Waals surface area contributed by atoms with Gasteiger partial charge in [-0.15, -0.1) is 0 Å². The summed E-state index contributed by atoms with van der Waals surface area (Å²) in [6, 6.07) is 14.8. The van der Waals surface area contributed by atoms with Gasteiger partial charge in [-0.3, -0.25) is 9.59 Å². The van der Waals surface area contributed by atoms with Crippen molar-refractivity contribution in [1.82, 2.24) is 10.2 Å². The van der Waals surface area contributed by atoms with Crippen LogP contribution in [0.4, 0.5) is 0 Å². The van der Waals surface area contributed by atoms with Crippen molar-refractivity contribution < 1.29 is 14.3 Å². The number of hydrogen-bond donors (Lipinski definition) is 1. The number of nitrogens with one attached hydrogen (secondary N) is 1. The average Bonchev–Trinajstić information content (AvgIpc) is 2.80. The van der Waals surface area contributed by atoms with E-state index in [1.807, 2.05) is 41.3 Å². The highest BCUT2D eigenvalue weighted by Crippen LogP contribution is 2.23. The van der Waals surface area contributed by atoms with Crippen LogP contribution in [0.15, 0.2) is 48.5 Å². The largest absolute Gasteiger partial charge is 0.488 e. The van der Waals surface area contributed by atoms with Crippen LogP contribution < -0.4 is 10.1 Å². The number of piperidine rings is 1. The second kappa shape index (κ2) is 11.2. The number of likely N-dealkylation sites (tertiary alicyclic amines) is 1. The van der Waals surface area contributed by atoms with Crippen LogP contribution in [0, 0.1) is 5.92 Å². The molecule has 0 unspecified atom stereocenters. The lowest BCUT2D eigenvalue weighted by molar-refractivity contribution is -0.136. The molecule has 0 aromatic heterocycles. The molecule has 6 heteroatoms. The van der Waals surface area contributed by atoms with Crippen molar-refractivity contribution in [1.29, 1.82) is 0 Å². The summed E-state index contributed by atoms with van der Waals surface area (Å²) in [6.45, 7) is 5.78. The molecule has 0 spiro atoms. The Bertz CT molecular complexity index is 890. The van der Waals surface area contributed by atoms with E-state index in [0.717, 1.165) is 31.2 Å². The van der Waals surface area contributed by atoms with E-state index in [0.29, 0.717) is 36.0 Å². The maximum atomic E-state index is 12.9. The van der Waals surface area contributed by atoms with Crippen molar-refractivity contribution >= 4 is 23.4 Å². The van der Waals surface area contributed by atoms with Crippen LogP contribution >= 0.6 is 11.6 Å². The highest BCUT2D eigenvalue weighted by Gasteiger charge is 2.27. The summed E-state index contributed by atoms with van der Waals surface area (Å²) in [7, 11) is 0. The van der Waals surface area contributed by atoms with Gasteiger partial charge in [0.25, 0.3) is 5.91 Å². The highest BCUT2D eigenvalue weighted by atomic mass is 35.5. The van der Waals surface area contributed by atoms with Gasteiger partial charge in [0.1, 0.15) is 12.4 Å². The monoisotopic (exact) mass is 442 g/mol. The smallest absolute Gasteiger partial charge is 0.255 e. The third kappa shape index (κ3) is 6.01. The average molecular weight is 443 g/mol. The van der Waals surface area contributed by atoms with Crippen LogP contribution in [0.5, 0.6) is 5.75 Å². The fraction of sp³-hybridized carbons (Fsp3) is 0.440. The highest BCUT2D eigenvalue weighted by molar-refractivity contribution is 6.31. The first-order valence-electron chi connectivity index (χ1n) is 11.1. The molecular formula is C25H31ClN2O3. The number of carbonyl (C=O) groups is 2. The molecule has 31 heavy (non-hydrogen) atoms. The minimum absolute atomic E-state index is 0.0508. The van der Waals surface area contributed by atoms with Crippen LogP contribution in [0.2, 0.25) is 5.02 Å². The molecule has 0 aliphatic carbocycles. The van der Waals surface area contributed by atoms with Gasteiger partial charge in [-0.2, -0.15) is 0 Å². The van der Waals surface area contributed by atoms with Gasteiger partial charge in [0.05, 0.1) is 5.56 Å². The molecule has 1 aliphatic rings. The number of rotatable bonds is 8. The summed E-state index contributed by atoms with van der Waals surface area (Å²) < 4.78 is 5.92. The zero-order chi connectivity index (χ0) is 22.2. The number of halogens is 1. The second-order valence-corrected chi connectivity index (χ2v) is 8.37. The third-order valence-corrected chi connectivity index (χ3v) is 6.32. The number of ether oxygens (including phenoxy) is 1. The van der Waals surface area contributed by atoms with Gasteiger partial charge in [-0.1, -0.05) is 55.8 Å². The Morgan fingerprint density at radius 3 is 2.39 bits per heavy atom. The van der Waals surface area contributed by atoms with E-state index in [1.165, 1.54) is 0 Å². The van der Waals surface area contributed by atoms with Gasteiger partial charge in [0.15, 0.2) is 0 Å². The molecule has 1 fully saturated rings. The molecule has 2 aromatic rings. The topological polar surface area (TPSA) is 58.6 Å². The summed E-state index contributed by atoms with van der Waals surface area (Å²) in [5, 5.41) is 3.76. The SMILES string of the molecule is CCC(CC)C(=O)N1CCC(NC(=O)c2ccccc2OCc2ccccc2Cl)CC1. The molecule has 1 heterocycles. The lowest BCUT2D eigenvalue weighted by atomic mass is 9.98. The molecule has 5 nitrogen and oxygen atoms in total. The number of benzene rings is 2. The first-order valence-corrected chi connectivity index (χ1v) is 11.5. The van der Waals surface area contributed by atoms with E-state index in [2.05, 4.69) is 19.2 Å². The molecule has 166 valence electrons. The molecule has 1 saturated heterocycles. The standard InChI is InChI=1S/C25H31ClN2O3/c1-3-18(4-2)25(30)28-15-13-20(14-16-28)27-24(29)21-10-6-8-12-23(21)31-17-19-9-5-7-11-22(19)26/h5-12,18,20H,3-4,13-17H2,1-2H3,(H,27,29). The quantitative estimate of drug-likeness (QED) is 0.620. The van der Waals surface area contributed by atoms with Crippen molar-refractivity contribution in [2.45, 2.75) is 52.2 Å². The minimum Gasteiger partial charge on any atom is -0.488 e. The molecule has 0 atom stereocenters. The summed E-state index contributed by atoms with van der Waals surface area (Å²) in [5.74, 6) is 0.724. The van der Waals surface area contributed by atoms with E-state index in [1.54, 1.807) is 12.1 Å². The Labute approximate surface area is 189 Å². The Kier molecular flexibility index (Phi) is 8.35. The maximum absolute atomic E-state index is 12.9. The first kappa shape index (κ1) is 23.1. The third-order valence-electron chi connectivity index (χ3n) is 5.95. The van der Waals surface area contributed by atoms with E-state index in [9.17, 15) is 9.59 Å². The fourth-order valence-corrected chi connectivity index (χ4v) is 4.14. The van der Waals surface area contributed by atoms with Gasteiger partial charge in [-0.25, -0.2) is 0 Å². The molecule has 1 aliphatic heterocycles. The molecule has 1 N–H and O–H groups in total. The number of para-hydroxylation sites is 1. The Balaban J connectivity index is 1.57. The number of amides is 2. The van der Waals surface area contributed by atoms with Crippen molar-refractivity contribution in [2.75, 3.05) is 13.1 Å². The lowest BCUT2D eigenvalue weighted by Crippen LogP contribution is -2.48. The Hall–Kier alpha value is -2.53. The normalized spacial score (nSPS) is 14.5. The Morgan fingerprint density at radius 2 is 1.71 bits per heavy atom. The number of nitrogens with zero attached hydrogens (tertiary/aromatic N) is 1. The van der Waals surface area contributed by atoms with Gasteiger partial charge < -0.3 is 15.0 Å². The van der Waals surface area contributed by atoms with Crippen LogP contribution in [0.3, 0.4) is 0 Å². The zero-order valence-corrected chi connectivity index (χ0v) is 19.0. The van der Waals surface area contributed by atoms with Crippen LogP contribution in [-0.4, -0.2) is 35.8 Å². The van der Waals surface area contributed by atoms with E-state index in [-0.39, 0.29) is 23.8 Å². The summed E-state index contributed by atoms with van der Waals surface area (Å²) >= 11 is 6.21. The van der Waals surface area contributed by atoms with Crippen molar-refractivity contribution in [3.8, 4) is 5.75 Å². The molecule has 0 saturated carbocycles. The van der Waals surface area contributed by atoms with Crippen molar-refractivity contribution in [3.05, 3.63) is 64.7 Å². The zero-order valence-electron chi connectivity index (χ0n) is 18.3. The van der Waals surface area contributed by atoms with Gasteiger partial charge in [0, 0.05) is 35.6 Å². The summed E-state index contributed by atoms with van der Waals surface area (Å²) in [5.41, 5.74) is 1.37. The molecule has 2 amide bonds. The van der Waals surface area contributed by atoms with E-state index < -0.39 is 0 Å². The maximum Gasteiger partial charge on any atom is 0.255 e. The predicted octanol–water partition coefficient (Wildman–Crippen LogP) is 5.08. The van der Waals surface area contributed by atoms with Gasteiger partial charge in [0.2, 0.25) is 5.91 Å². The summed E-state index contributed by atoms with van der Waals surface area (Å²) in [4.78, 5) is 27.5.